The number of carboxylic acids is 1. The van der Waals surface area contributed by atoms with E-state index in [1.165, 1.54) is 30.9 Å². The lowest BCUT2D eigenvalue weighted by atomic mass is 9.84. The third kappa shape index (κ3) is 8.42. The van der Waals surface area contributed by atoms with Crippen molar-refractivity contribution in [3.05, 3.63) is 89.0 Å². The number of sulfone groups is 1. The Morgan fingerprint density at radius 1 is 0.953 bits per heavy atom. The average molecular weight is 608 g/mol. The molecule has 3 aromatic rings. The van der Waals surface area contributed by atoms with Gasteiger partial charge in [-0.05, 0) is 78.8 Å². The molecule has 43 heavy (non-hydrogen) atoms. The molecule has 1 aliphatic rings. The van der Waals surface area contributed by atoms with Crippen LogP contribution < -0.4 is 15.5 Å². The van der Waals surface area contributed by atoms with Crippen LogP contribution in [0, 0.1) is 6.92 Å². The van der Waals surface area contributed by atoms with Crippen molar-refractivity contribution >= 4 is 39.1 Å². The number of aliphatic carboxylic acids is 1. The number of urea groups is 1. The summed E-state index contributed by atoms with van der Waals surface area (Å²) >= 11 is 0. The minimum Gasteiger partial charge on any atom is -0.479 e. The molecule has 1 atom stereocenters. The number of hydrogen-bond donors (Lipinski definition) is 4. The van der Waals surface area contributed by atoms with Gasteiger partial charge in [0.2, 0.25) is 0 Å². The van der Waals surface area contributed by atoms with Crippen LogP contribution in [0.25, 0.3) is 0 Å². The number of aliphatic hydroxyl groups excluding tert-OH is 1. The molecule has 4 N–H and O–H groups in total. The van der Waals surface area contributed by atoms with Crippen molar-refractivity contribution in [2.75, 3.05) is 23.0 Å². The van der Waals surface area contributed by atoms with Gasteiger partial charge >= 0.3 is 12.0 Å². The first-order chi connectivity index (χ1) is 20.4. The summed E-state index contributed by atoms with van der Waals surface area (Å²) in [5.74, 6) is -1.47. The highest BCUT2D eigenvalue weighted by atomic mass is 32.2. The van der Waals surface area contributed by atoms with E-state index in [0.29, 0.717) is 28.4 Å². The summed E-state index contributed by atoms with van der Waals surface area (Å²) in [6.45, 7) is 1.42. The summed E-state index contributed by atoms with van der Waals surface area (Å²) in [5.41, 5.74) is 3.80. The number of aryl methyl sites for hydroxylation is 1. The molecule has 0 radical (unpaired) electrons. The molecule has 0 spiro atoms. The smallest absolute Gasteiger partial charge is 0.334 e. The number of hydrogen-bond acceptors (Lipinski definition) is 6. The van der Waals surface area contributed by atoms with Crippen molar-refractivity contribution in [3.63, 3.8) is 0 Å². The molecule has 1 saturated carbocycles. The van der Waals surface area contributed by atoms with Crippen LogP contribution in [-0.4, -0.2) is 55.4 Å². The van der Waals surface area contributed by atoms with Gasteiger partial charge in [0.25, 0.3) is 5.91 Å². The molecule has 3 amide bonds. The van der Waals surface area contributed by atoms with Crippen LogP contribution in [0.1, 0.15) is 65.1 Å². The Balaban J connectivity index is 1.56. The van der Waals surface area contributed by atoms with Crippen LogP contribution in [0.2, 0.25) is 0 Å². The Labute approximate surface area is 251 Å². The lowest BCUT2D eigenvalue weighted by molar-refractivity contribution is -0.146. The highest BCUT2D eigenvalue weighted by Crippen LogP contribution is 2.33. The van der Waals surface area contributed by atoms with Crippen molar-refractivity contribution in [1.82, 2.24) is 5.32 Å². The van der Waals surface area contributed by atoms with Crippen molar-refractivity contribution in [2.24, 2.45) is 0 Å². The topological polar surface area (TPSA) is 153 Å². The van der Waals surface area contributed by atoms with Gasteiger partial charge < -0.3 is 20.8 Å². The highest BCUT2D eigenvalue weighted by Gasteiger charge is 2.21. The molecule has 3 aromatic carbocycles. The van der Waals surface area contributed by atoms with Gasteiger partial charge in [-0.25, -0.2) is 18.0 Å². The molecule has 0 aliphatic heterocycles. The van der Waals surface area contributed by atoms with Crippen molar-refractivity contribution in [1.29, 1.82) is 0 Å². The second-order valence-corrected chi connectivity index (χ2v) is 12.9. The van der Waals surface area contributed by atoms with Gasteiger partial charge in [0.1, 0.15) is 0 Å². The zero-order chi connectivity index (χ0) is 31.1. The molecule has 0 unspecified atom stereocenters. The van der Waals surface area contributed by atoms with Crippen molar-refractivity contribution in [3.8, 4) is 0 Å². The van der Waals surface area contributed by atoms with Gasteiger partial charge in [0, 0.05) is 23.2 Å². The fourth-order valence-corrected chi connectivity index (χ4v) is 6.23. The standard InChI is InChI=1S/C32H37N3O7S/c1-21-8-15-26(18-29(21)43(2,41)42)34-32(40)35(27-16-13-24(14-17-27)23-6-4-3-5-7-23)20-22-9-11-25(12-10-22)30(37)33-19-28(36)31(38)39/h8-18,23,28,36H,3-7,19-20H2,1-2H3,(H,33,37)(H,34,40)(H,38,39)/t28-/m1/s1. The largest absolute Gasteiger partial charge is 0.479 e. The van der Waals surface area contributed by atoms with E-state index in [9.17, 15) is 27.9 Å². The Bertz CT molecular complexity index is 1570. The first-order valence-electron chi connectivity index (χ1n) is 14.2. The van der Waals surface area contributed by atoms with Crippen LogP contribution in [0.4, 0.5) is 16.2 Å². The lowest BCUT2D eigenvalue weighted by Gasteiger charge is -2.26. The van der Waals surface area contributed by atoms with E-state index in [-0.39, 0.29) is 17.0 Å². The molecule has 11 heteroatoms. The quantitative estimate of drug-likeness (QED) is 0.257. The predicted octanol–water partition coefficient (Wildman–Crippen LogP) is 4.86. The zero-order valence-corrected chi connectivity index (χ0v) is 25.1. The zero-order valence-electron chi connectivity index (χ0n) is 24.2. The van der Waals surface area contributed by atoms with Gasteiger partial charge in [-0.1, -0.05) is 49.6 Å². The first-order valence-corrected chi connectivity index (χ1v) is 16.1. The number of nitrogens with zero attached hydrogens (tertiary/aromatic N) is 1. The normalized spacial score (nSPS) is 14.5. The maximum Gasteiger partial charge on any atom is 0.334 e. The van der Waals surface area contributed by atoms with Gasteiger partial charge in [0.05, 0.1) is 18.0 Å². The first kappa shape index (κ1) is 31.7. The van der Waals surface area contributed by atoms with E-state index in [0.717, 1.165) is 19.1 Å². The molecule has 4 rings (SSSR count). The highest BCUT2D eigenvalue weighted by molar-refractivity contribution is 7.90. The Kier molecular flexibility index (Phi) is 10.2. The molecule has 10 nitrogen and oxygen atoms in total. The van der Waals surface area contributed by atoms with Gasteiger partial charge in [-0.3, -0.25) is 9.69 Å². The second kappa shape index (κ2) is 13.8. The number of benzene rings is 3. The minimum absolute atomic E-state index is 0.137. The number of carbonyl (C=O) groups excluding carboxylic acids is 2. The Morgan fingerprint density at radius 3 is 2.21 bits per heavy atom. The van der Waals surface area contributed by atoms with Crippen LogP contribution in [0.5, 0.6) is 0 Å². The molecule has 0 heterocycles. The van der Waals surface area contributed by atoms with Crippen LogP contribution in [0.3, 0.4) is 0 Å². The summed E-state index contributed by atoms with van der Waals surface area (Å²) in [6, 6.07) is 18.7. The number of nitrogens with one attached hydrogen (secondary N) is 2. The number of aliphatic hydroxyl groups is 1. The maximum absolute atomic E-state index is 13.7. The Morgan fingerprint density at radius 2 is 1.60 bits per heavy atom. The summed E-state index contributed by atoms with van der Waals surface area (Å²) in [5, 5.41) is 23.4. The summed E-state index contributed by atoms with van der Waals surface area (Å²) in [6.07, 6.45) is 5.39. The van der Waals surface area contributed by atoms with E-state index in [1.807, 2.05) is 12.1 Å². The Hall–Kier alpha value is -4.22. The molecular weight excluding hydrogens is 570 g/mol. The predicted molar refractivity (Wildman–Crippen MR) is 164 cm³/mol. The van der Waals surface area contributed by atoms with Gasteiger partial charge in [-0.2, -0.15) is 0 Å². The van der Waals surface area contributed by atoms with Crippen molar-refractivity contribution in [2.45, 2.75) is 62.5 Å². The van der Waals surface area contributed by atoms with Crippen LogP contribution in [-0.2, 0) is 21.2 Å². The third-order valence-corrected chi connectivity index (χ3v) is 8.90. The molecule has 1 aliphatic carbocycles. The molecule has 0 aromatic heterocycles. The SMILES string of the molecule is Cc1ccc(NC(=O)N(Cc2ccc(C(=O)NC[C@@H](O)C(=O)O)cc2)c2ccc(C3CCCCC3)cc2)cc1S(C)(=O)=O. The number of anilines is 2. The number of amides is 3. The monoisotopic (exact) mass is 607 g/mol. The fraction of sp³-hybridized carbons (Fsp3) is 0.344. The molecule has 1 fully saturated rings. The van der Waals surface area contributed by atoms with E-state index in [4.69, 9.17) is 5.11 Å². The number of carboxylic acid groups (broad SMARTS) is 1. The minimum atomic E-state index is -3.49. The van der Waals surface area contributed by atoms with Crippen LogP contribution in [0.15, 0.2) is 71.6 Å². The summed E-state index contributed by atoms with van der Waals surface area (Å²) in [7, 11) is -3.49. The number of rotatable bonds is 10. The van der Waals surface area contributed by atoms with Crippen LogP contribution >= 0.6 is 0 Å². The molecule has 0 bridgehead atoms. The summed E-state index contributed by atoms with van der Waals surface area (Å²) in [4.78, 5) is 38.5. The summed E-state index contributed by atoms with van der Waals surface area (Å²) < 4.78 is 24.5. The maximum atomic E-state index is 13.7. The van der Waals surface area contributed by atoms with Gasteiger partial charge in [0.15, 0.2) is 15.9 Å². The lowest BCUT2D eigenvalue weighted by Crippen LogP contribution is -2.36. The average Bonchev–Trinajstić information content (AvgIpc) is 2.99. The van der Waals surface area contributed by atoms with E-state index in [1.54, 1.807) is 48.2 Å². The second-order valence-electron chi connectivity index (χ2n) is 11.0. The third-order valence-electron chi connectivity index (χ3n) is 7.66. The van der Waals surface area contributed by atoms with E-state index >= 15 is 0 Å². The van der Waals surface area contributed by atoms with E-state index in [2.05, 4.69) is 22.8 Å². The van der Waals surface area contributed by atoms with Crippen molar-refractivity contribution < 1.29 is 33.0 Å². The molecule has 0 saturated heterocycles. The number of carbonyl (C=O) groups is 3. The van der Waals surface area contributed by atoms with E-state index < -0.39 is 40.4 Å². The molecular formula is C32H37N3O7S. The fourth-order valence-electron chi connectivity index (χ4n) is 5.23. The van der Waals surface area contributed by atoms with Gasteiger partial charge in [-0.15, -0.1) is 0 Å². The molecule has 228 valence electrons.